The molecular formula is C18H24N2O2S. The number of ether oxygens (including phenoxy) is 1. The molecule has 23 heavy (non-hydrogen) atoms. The average molecular weight is 332 g/mol. The Labute approximate surface area is 141 Å². The second-order valence-corrected chi connectivity index (χ2v) is 6.54. The van der Waals surface area contributed by atoms with Crippen LogP contribution in [-0.2, 0) is 6.42 Å². The van der Waals surface area contributed by atoms with E-state index in [1.165, 1.54) is 4.88 Å². The van der Waals surface area contributed by atoms with E-state index in [1.54, 1.807) is 11.3 Å². The van der Waals surface area contributed by atoms with Gasteiger partial charge in [0.15, 0.2) is 0 Å². The summed E-state index contributed by atoms with van der Waals surface area (Å²) >= 11 is 1.71. The van der Waals surface area contributed by atoms with Gasteiger partial charge in [0, 0.05) is 23.0 Å². The Morgan fingerprint density at radius 3 is 2.70 bits per heavy atom. The molecule has 0 aliphatic heterocycles. The highest BCUT2D eigenvalue weighted by molar-refractivity contribution is 7.09. The van der Waals surface area contributed by atoms with Crippen LogP contribution in [0.1, 0.15) is 31.6 Å². The molecule has 2 aromatic rings. The lowest BCUT2D eigenvalue weighted by Crippen LogP contribution is -2.37. The van der Waals surface area contributed by atoms with Crippen molar-refractivity contribution in [1.82, 2.24) is 5.32 Å². The number of carbonyl (C=O) groups excluding carboxylic acids is 1. The molecule has 2 N–H and O–H groups in total. The number of hydrogen-bond acceptors (Lipinski definition) is 3. The summed E-state index contributed by atoms with van der Waals surface area (Å²) in [6.45, 7) is 4.86. The highest BCUT2D eigenvalue weighted by Crippen LogP contribution is 2.16. The third-order valence-corrected chi connectivity index (χ3v) is 4.24. The first-order valence-corrected chi connectivity index (χ1v) is 8.88. The SMILES string of the molecule is CCCCOc1ccc(NC(=O)N[C@H](C)Cc2cccs2)cc1. The van der Waals surface area contributed by atoms with Crippen molar-refractivity contribution >= 4 is 23.1 Å². The Kier molecular flexibility index (Phi) is 6.94. The van der Waals surface area contributed by atoms with Gasteiger partial charge in [-0.05, 0) is 49.1 Å². The fraction of sp³-hybridized carbons (Fsp3) is 0.389. The molecule has 0 saturated heterocycles. The van der Waals surface area contributed by atoms with E-state index in [4.69, 9.17) is 4.74 Å². The second-order valence-electron chi connectivity index (χ2n) is 5.51. The number of benzene rings is 1. The van der Waals surface area contributed by atoms with Crippen LogP contribution >= 0.6 is 11.3 Å². The molecular weight excluding hydrogens is 308 g/mol. The van der Waals surface area contributed by atoms with Crippen LogP contribution in [0.3, 0.4) is 0 Å². The number of thiophene rings is 1. The zero-order valence-corrected chi connectivity index (χ0v) is 14.5. The Morgan fingerprint density at radius 1 is 1.26 bits per heavy atom. The highest BCUT2D eigenvalue weighted by Gasteiger charge is 2.09. The summed E-state index contributed by atoms with van der Waals surface area (Å²) in [6.07, 6.45) is 3.00. The van der Waals surface area contributed by atoms with Crippen LogP contribution in [0.15, 0.2) is 41.8 Å². The van der Waals surface area contributed by atoms with Gasteiger partial charge in [-0.15, -0.1) is 11.3 Å². The van der Waals surface area contributed by atoms with Crippen molar-refractivity contribution in [3.63, 3.8) is 0 Å². The predicted molar refractivity (Wildman–Crippen MR) is 96.5 cm³/mol. The maximum atomic E-state index is 12.0. The van der Waals surface area contributed by atoms with Crippen LogP contribution in [0.4, 0.5) is 10.5 Å². The van der Waals surface area contributed by atoms with E-state index in [-0.39, 0.29) is 12.1 Å². The van der Waals surface area contributed by atoms with Gasteiger partial charge in [-0.25, -0.2) is 4.79 Å². The number of nitrogens with one attached hydrogen (secondary N) is 2. The van der Waals surface area contributed by atoms with Crippen LogP contribution in [0.25, 0.3) is 0 Å². The maximum absolute atomic E-state index is 12.0. The number of hydrogen-bond donors (Lipinski definition) is 2. The van der Waals surface area contributed by atoms with Gasteiger partial charge in [-0.1, -0.05) is 19.4 Å². The van der Waals surface area contributed by atoms with Crippen molar-refractivity contribution in [2.45, 2.75) is 39.2 Å². The number of urea groups is 1. The molecule has 0 fully saturated rings. The normalized spacial score (nSPS) is 11.7. The second kappa shape index (κ2) is 9.20. The first-order chi connectivity index (χ1) is 11.2. The van der Waals surface area contributed by atoms with Crippen molar-refractivity contribution in [1.29, 1.82) is 0 Å². The smallest absolute Gasteiger partial charge is 0.319 e. The quantitative estimate of drug-likeness (QED) is 0.690. The summed E-state index contributed by atoms with van der Waals surface area (Å²) in [5.41, 5.74) is 0.758. The molecule has 0 aliphatic carbocycles. The van der Waals surface area contributed by atoms with Crippen LogP contribution in [0.5, 0.6) is 5.75 Å². The first-order valence-electron chi connectivity index (χ1n) is 8.00. The van der Waals surface area contributed by atoms with Crippen molar-refractivity contribution in [3.05, 3.63) is 46.7 Å². The Bertz CT molecular complexity index is 582. The van der Waals surface area contributed by atoms with Crippen molar-refractivity contribution < 1.29 is 9.53 Å². The molecule has 1 aromatic carbocycles. The topological polar surface area (TPSA) is 50.4 Å². The molecule has 0 spiro atoms. The summed E-state index contributed by atoms with van der Waals surface area (Å²) in [4.78, 5) is 13.3. The molecule has 0 radical (unpaired) electrons. The molecule has 2 amide bonds. The monoisotopic (exact) mass is 332 g/mol. The molecule has 0 unspecified atom stereocenters. The molecule has 4 nitrogen and oxygen atoms in total. The van der Waals surface area contributed by atoms with Crippen molar-refractivity contribution in [2.24, 2.45) is 0 Å². The van der Waals surface area contributed by atoms with E-state index in [0.29, 0.717) is 0 Å². The number of anilines is 1. The van der Waals surface area contributed by atoms with Gasteiger partial charge >= 0.3 is 6.03 Å². The lowest BCUT2D eigenvalue weighted by molar-refractivity contribution is 0.249. The average Bonchev–Trinajstić information content (AvgIpc) is 3.02. The third kappa shape index (κ3) is 6.32. The van der Waals surface area contributed by atoms with E-state index in [9.17, 15) is 4.79 Å². The van der Waals surface area contributed by atoms with Gasteiger partial charge in [-0.3, -0.25) is 0 Å². The third-order valence-electron chi connectivity index (χ3n) is 3.34. The number of unbranched alkanes of at least 4 members (excludes halogenated alkanes) is 1. The van der Waals surface area contributed by atoms with Gasteiger partial charge in [0.25, 0.3) is 0 Å². The van der Waals surface area contributed by atoms with E-state index in [0.717, 1.165) is 37.3 Å². The Hall–Kier alpha value is -2.01. The van der Waals surface area contributed by atoms with E-state index in [2.05, 4.69) is 23.6 Å². The summed E-state index contributed by atoms with van der Waals surface area (Å²) in [5.74, 6) is 0.829. The molecule has 2 rings (SSSR count). The predicted octanol–water partition coefficient (Wildman–Crippen LogP) is 4.68. The number of amides is 2. The minimum Gasteiger partial charge on any atom is -0.494 e. The largest absolute Gasteiger partial charge is 0.494 e. The summed E-state index contributed by atoms with van der Waals surface area (Å²) in [5, 5.41) is 7.84. The molecule has 5 heteroatoms. The zero-order chi connectivity index (χ0) is 16.5. The van der Waals surface area contributed by atoms with Gasteiger partial charge in [0.2, 0.25) is 0 Å². The summed E-state index contributed by atoms with van der Waals surface area (Å²) < 4.78 is 5.60. The fourth-order valence-corrected chi connectivity index (χ4v) is 2.98. The van der Waals surface area contributed by atoms with Crippen molar-refractivity contribution in [2.75, 3.05) is 11.9 Å². The van der Waals surface area contributed by atoms with E-state index >= 15 is 0 Å². The van der Waals surface area contributed by atoms with Crippen LogP contribution < -0.4 is 15.4 Å². The Balaban J connectivity index is 1.76. The molecule has 0 saturated carbocycles. The van der Waals surface area contributed by atoms with Crippen LogP contribution in [0.2, 0.25) is 0 Å². The number of rotatable bonds is 8. The van der Waals surface area contributed by atoms with Gasteiger partial charge in [-0.2, -0.15) is 0 Å². The Morgan fingerprint density at radius 2 is 2.04 bits per heavy atom. The molecule has 1 aromatic heterocycles. The lowest BCUT2D eigenvalue weighted by atomic mass is 10.2. The highest BCUT2D eigenvalue weighted by atomic mass is 32.1. The summed E-state index contributed by atoms with van der Waals surface area (Å²) in [7, 11) is 0. The van der Waals surface area contributed by atoms with Gasteiger partial charge in [0.1, 0.15) is 5.75 Å². The van der Waals surface area contributed by atoms with E-state index < -0.39 is 0 Å². The van der Waals surface area contributed by atoms with E-state index in [1.807, 2.05) is 42.6 Å². The minimum atomic E-state index is -0.186. The molecule has 0 bridgehead atoms. The summed E-state index contributed by atoms with van der Waals surface area (Å²) in [6, 6.07) is 11.5. The molecule has 1 atom stereocenters. The lowest BCUT2D eigenvalue weighted by Gasteiger charge is -2.14. The molecule has 1 heterocycles. The number of carbonyl (C=O) groups is 1. The van der Waals surface area contributed by atoms with Crippen molar-refractivity contribution in [3.8, 4) is 5.75 Å². The fourth-order valence-electron chi connectivity index (χ4n) is 2.14. The maximum Gasteiger partial charge on any atom is 0.319 e. The zero-order valence-electron chi connectivity index (χ0n) is 13.7. The van der Waals surface area contributed by atoms with Gasteiger partial charge < -0.3 is 15.4 Å². The first kappa shape index (κ1) is 17.3. The molecule has 124 valence electrons. The minimum absolute atomic E-state index is 0.0882. The standard InChI is InChI=1S/C18H24N2O2S/c1-3-4-11-22-16-9-7-15(8-10-16)20-18(21)19-14(2)13-17-6-5-12-23-17/h5-10,12,14H,3-4,11,13H2,1-2H3,(H2,19,20,21)/t14-/m1/s1. The van der Waals surface area contributed by atoms with Crippen LogP contribution in [-0.4, -0.2) is 18.7 Å². The van der Waals surface area contributed by atoms with Crippen LogP contribution in [0, 0.1) is 0 Å². The van der Waals surface area contributed by atoms with Gasteiger partial charge in [0.05, 0.1) is 6.61 Å². The molecule has 0 aliphatic rings.